The lowest BCUT2D eigenvalue weighted by Crippen LogP contribution is -2.49. The van der Waals surface area contributed by atoms with E-state index in [9.17, 15) is 14.3 Å². The zero-order chi connectivity index (χ0) is 20.4. The molecular formula is C21H19ClFN3O3. The number of amides is 1. The fourth-order valence-electron chi connectivity index (χ4n) is 3.38. The third kappa shape index (κ3) is 4.37. The van der Waals surface area contributed by atoms with Crippen molar-refractivity contribution in [2.45, 2.75) is 25.0 Å². The molecule has 29 heavy (non-hydrogen) atoms. The number of nitrogens with zero attached hydrogens (tertiary/aromatic N) is 2. The van der Waals surface area contributed by atoms with Crippen LogP contribution in [0.25, 0.3) is 10.9 Å². The summed E-state index contributed by atoms with van der Waals surface area (Å²) in [5.74, 6) is -0.992. The highest BCUT2D eigenvalue weighted by atomic mass is 35.5. The van der Waals surface area contributed by atoms with Crippen LogP contribution in [0.4, 0.5) is 4.39 Å². The number of aliphatic hydroxyl groups excluding tert-OH is 1. The molecule has 150 valence electrons. The zero-order valence-corrected chi connectivity index (χ0v) is 16.2. The molecule has 1 aliphatic heterocycles. The predicted octanol–water partition coefficient (Wildman–Crippen LogP) is 2.89. The Balaban J connectivity index is 1.69. The number of para-hydroxylation sites is 1. The van der Waals surface area contributed by atoms with Crippen LogP contribution in [0, 0.1) is 5.82 Å². The number of hydrogen-bond acceptors (Lipinski definition) is 5. The minimum absolute atomic E-state index is 0.0808. The number of pyridine rings is 2. The van der Waals surface area contributed by atoms with Gasteiger partial charge in [0.15, 0.2) is 0 Å². The van der Waals surface area contributed by atoms with Crippen molar-refractivity contribution in [3.63, 3.8) is 0 Å². The summed E-state index contributed by atoms with van der Waals surface area (Å²) in [4.78, 5) is 21.1. The first-order valence-corrected chi connectivity index (χ1v) is 9.64. The van der Waals surface area contributed by atoms with E-state index in [4.69, 9.17) is 16.3 Å². The normalized spacial score (nSPS) is 19.3. The standard InChI is InChI=1S/C21H19ClFN3O3/c22-19-5-4-12(10-24-19)8-13-9-16(25-20-14(13)2-1-3-15(20)23)21(28)26-17-11-29-7-6-18(17)27/h1-5,9-10,17-18,27H,6-8,11H2,(H,26,28). The van der Waals surface area contributed by atoms with E-state index < -0.39 is 23.9 Å². The summed E-state index contributed by atoms with van der Waals surface area (Å²) in [7, 11) is 0. The molecule has 1 saturated heterocycles. The molecule has 2 N–H and O–H groups in total. The second kappa shape index (κ2) is 8.41. The first-order valence-electron chi connectivity index (χ1n) is 9.26. The molecule has 0 radical (unpaired) electrons. The van der Waals surface area contributed by atoms with Crippen molar-refractivity contribution in [1.29, 1.82) is 0 Å². The summed E-state index contributed by atoms with van der Waals surface area (Å²) in [6, 6.07) is 9.31. The summed E-state index contributed by atoms with van der Waals surface area (Å²) in [5, 5.41) is 13.8. The number of benzene rings is 1. The van der Waals surface area contributed by atoms with Gasteiger partial charge in [-0.25, -0.2) is 14.4 Å². The van der Waals surface area contributed by atoms with E-state index in [1.165, 1.54) is 6.07 Å². The van der Waals surface area contributed by atoms with Crippen LogP contribution >= 0.6 is 11.6 Å². The lowest BCUT2D eigenvalue weighted by atomic mass is 10.0. The van der Waals surface area contributed by atoms with E-state index in [1.54, 1.807) is 30.5 Å². The summed E-state index contributed by atoms with van der Waals surface area (Å²) < 4.78 is 19.8. The van der Waals surface area contributed by atoms with Crippen LogP contribution in [0.5, 0.6) is 0 Å². The van der Waals surface area contributed by atoms with E-state index in [0.717, 1.165) is 11.1 Å². The van der Waals surface area contributed by atoms with Gasteiger partial charge in [0.1, 0.15) is 22.2 Å². The van der Waals surface area contributed by atoms with Crippen LogP contribution in [0.15, 0.2) is 42.6 Å². The van der Waals surface area contributed by atoms with Gasteiger partial charge in [0.05, 0.1) is 18.8 Å². The van der Waals surface area contributed by atoms with Crippen LogP contribution < -0.4 is 5.32 Å². The highest BCUT2D eigenvalue weighted by molar-refractivity contribution is 6.29. The number of carbonyl (C=O) groups excluding carboxylic acids is 1. The predicted molar refractivity (Wildman–Crippen MR) is 106 cm³/mol. The van der Waals surface area contributed by atoms with E-state index in [2.05, 4.69) is 15.3 Å². The Morgan fingerprint density at radius 3 is 2.97 bits per heavy atom. The van der Waals surface area contributed by atoms with Crippen LogP contribution in [0.2, 0.25) is 5.15 Å². The molecule has 0 aliphatic carbocycles. The Labute approximate surface area is 171 Å². The molecule has 3 aromatic rings. The molecule has 0 saturated carbocycles. The number of rotatable bonds is 4. The average molecular weight is 416 g/mol. The minimum atomic E-state index is -0.690. The van der Waals surface area contributed by atoms with Gasteiger partial charge in [0.25, 0.3) is 5.91 Å². The van der Waals surface area contributed by atoms with Crippen molar-refractivity contribution in [2.75, 3.05) is 13.2 Å². The molecule has 8 heteroatoms. The average Bonchev–Trinajstić information content (AvgIpc) is 2.72. The molecule has 1 aromatic carbocycles. The molecule has 2 atom stereocenters. The smallest absolute Gasteiger partial charge is 0.270 e. The highest BCUT2D eigenvalue weighted by Gasteiger charge is 2.26. The fourth-order valence-corrected chi connectivity index (χ4v) is 3.50. The monoisotopic (exact) mass is 415 g/mol. The first-order chi connectivity index (χ1) is 14.0. The lowest BCUT2D eigenvalue weighted by Gasteiger charge is -2.28. The molecule has 1 aliphatic rings. The topological polar surface area (TPSA) is 84.3 Å². The van der Waals surface area contributed by atoms with E-state index in [1.807, 2.05) is 6.07 Å². The molecule has 3 heterocycles. The van der Waals surface area contributed by atoms with Crippen molar-refractivity contribution in [3.05, 3.63) is 70.4 Å². The number of fused-ring (bicyclic) bond motifs is 1. The van der Waals surface area contributed by atoms with Crippen molar-refractivity contribution >= 4 is 28.4 Å². The van der Waals surface area contributed by atoms with Gasteiger partial charge in [-0.05, 0) is 42.2 Å². The molecule has 1 amide bonds. The number of aromatic nitrogens is 2. The largest absolute Gasteiger partial charge is 0.391 e. The van der Waals surface area contributed by atoms with Crippen LogP contribution in [0.1, 0.15) is 28.0 Å². The van der Waals surface area contributed by atoms with Crippen LogP contribution in [0.3, 0.4) is 0 Å². The first kappa shape index (κ1) is 19.7. The summed E-state index contributed by atoms with van der Waals surface area (Å²) >= 11 is 5.85. The molecule has 2 unspecified atom stereocenters. The number of aliphatic hydroxyl groups is 1. The summed E-state index contributed by atoms with van der Waals surface area (Å²) in [6.07, 6.45) is 1.83. The lowest BCUT2D eigenvalue weighted by molar-refractivity contribution is -0.0140. The van der Waals surface area contributed by atoms with Gasteiger partial charge >= 0.3 is 0 Å². The Morgan fingerprint density at radius 1 is 1.34 bits per heavy atom. The quantitative estimate of drug-likeness (QED) is 0.640. The maximum Gasteiger partial charge on any atom is 0.270 e. The van der Waals surface area contributed by atoms with Gasteiger partial charge in [-0.15, -0.1) is 0 Å². The van der Waals surface area contributed by atoms with Gasteiger partial charge in [0.2, 0.25) is 0 Å². The molecule has 0 bridgehead atoms. The fraction of sp³-hybridized carbons (Fsp3) is 0.286. The number of carbonyl (C=O) groups is 1. The summed E-state index contributed by atoms with van der Waals surface area (Å²) in [5.41, 5.74) is 1.81. The highest BCUT2D eigenvalue weighted by Crippen LogP contribution is 2.24. The van der Waals surface area contributed by atoms with Crippen molar-refractivity contribution in [2.24, 2.45) is 0 Å². The number of nitrogens with one attached hydrogen (secondary N) is 1. The number of halogens is 2. The molecular weight excluding hydrogens is 397 g/mol. The third-order valence-corrected chi connectivity index (χ3v) is 5.15. The van der Waals surface area contributed by atoms with Crippen molar-refractivity contribution in [3.8, 4) is 0 Å². The number of hydrogen-bond donors (Lipinski definition) is 2. The van der Waals surface area contributed by atoms with Gasteiger partial charge in [-0.3, -0.25) is 4.79 Å². The van der Waals surface area contributed by atoms with Crippen LogP contribution in [-0.4, -0.2) is 46.3 Å². The second-order valence-electron chi connectivity index (χ2n) is 6.98. The zero-order valence-electron chi connectivity index (χ0n) is 15.4. The molecule has 6 nitrogen and oxygen atoms in total. The Morgan fingerprint density at radius 2 is 2.21 bits per heavy atom. The second-order valence-corrected chi connectivity index (χ2v) is 7.37. The van der Waals surface area contributed by atoms with Gasteiger partial charge in [-0.2, -0.15) is 0 Å². The van der Waals surface area contributed by atoms with Gasteiger partial charge in [-0.1, -0.05) is 29.8 Å². The van der Waals surface area contributed by atoms with Crippen molar-refractivity contribution in [1.82, 2.24) is 15.3 Å². The molecule has 2 aromatic heterocycles. The number of ether oxygens (including phenoxy) is 1. The maximum absolute atomic E-state index is 14.4. The Bertz CT molecular complexity index is 1050. The summed E-state index contributed by atoms with van der Waals surface area (Å²) in [6.45, 7) is 0.671. The van der Waals surface area contributed by atoms with Crippen LogP contribution in [-0.2, 0) is 11.2 Å². The molecule has 0 spiro atoms. The van der Waals surface area contributed by atoms with E-state index in [0.29, 0.717) is 30.0 Å². The Hall–Kier alpha value is -2.61. The maximum atomic E-state index is 14.4. The Kier molecular flexibility index (Phi) is 5.71. The SMILES string of the molecule is O=C(NC1COCCC1O)c1cc(Cc2ccc(Cl)nc2)c2cccc(F)c2n1. The van der Waals surface area contributed by atoms with Gasteiger partial charge in [0, 0.05) is 18.2 Å². The van der Waals surface area contributed by atoms with E-state index >= 15 is 0 Å². The minimum Gasteiger partial charge on any atom is -0.391 e. The molecule has 4 rings (SSSR count). The van der Waals surface area contributed by atoms with Gasteiger partial charge < -0.3 is 15.2 Å². The third-order valence-electron chi connectivity index (χ3n) is 4.93. The van der Waals surface area contributed by atoms with E-state index in [-0.39, 0.29) is 17.8 Å². The molecule has 1 fully saturated rings. The van der Waals surface area contributed by atoms with Crippen molar-refractivity contribution < 1.29 is 19.0 Å².